The van der Waals surface area contributed by atoms with Gasteiger partial charge in [0.05, 0.1) is 13.2 Å². The van der Waals surface area contributed by atoms with Gasteiger partial charge in [-0.2, -0.15) is 0 Å². The molecule has 1 saturated heterocycles. The van der Waals surface area contributed by atoms with Crippen LogP contribution in [-0.2, 0) is 14.3 Å². The van der Waals surface area contributed by atoms with Crippen LogP contribution < -0.4 is 5.32 Å². The zero-order chi connectivity index (χ0) is 15.1. The van der Waals surface area contributed by atoms with Crippen molar-refractivity contribution in [2.75, 3.05) is 25.0 Å². The predicted octanol–water partition coefficient (Wildman–Crippen LogP) is 2.04. The first-order valence-corrected chi connectivity index (χ1v) is 7.47. The number of hydrogen-bond acceptors (Lipinski definition) is 4. The third-order valence-corrected chi connectivity index (χ3v) is 3.60. The molecule has 1 amide bonds. The highest BCUT2D eigenvalue weighted by Crippen LogP contribution is 2.18. The van der Waals surface area contributed by atoms with Gasteiger partial charge < -0.3 is 15.0 Å². The molecule has 1 aromatic rings. The van der Waals surface area contributed by atoms with Crippen molar-refractivity contribution in [2.45, 2.75) is 32.2 Å². The molecule has 1 fully saturated rings. The molecule has 114 valence electrons. The molecule has 1 N–H and O–H groups in total. The van der Waals surface area contributed by atoms with Crippen molar-refractivity contribution in [1.82, 2.24) is 4.90 Å². The molecule has 0 aliphatic carbocycles. The fourth-order valence-electron chi connectivity index (χ4n) is 2.55. The standard InChI is InChI=1S/C16H22N2O3/c1-2-21-16(20)14-10-6-7-11-18(14)15(19)12-17-13-8-4-3-5-9-13/h3-5,8-9,14,17H,2,6-7,10-12H2,1H3. The Labute approximate surface area is 125 Å². The molecule has 1 atom stereocenters. The predicted molar refractivity (Wildman–Crippen MR) is 80.9 cm³/mol. The number of benzene rings is 1. The number of carbonyl (C=O) groups is 2. The van der Waals surface area contributed by atoms with E-state index in [0.29, 0.717) is 19.6 Å². The number of nitrogens with one attached hydrogen (secondary N) is 1. The van der Waals surface area contributed by atoms with Crippen molar-refractivity contribution in [2.24, 2.45) is 0 Å². The van der Waals surface area contributed by atoms with Gasteiger partial charge in [0.2, 0.25) is 5.91 Å². The summed E-state index contributed by atoms with van der Waals surface area (Å²) >= 11 is 0. The molecule has 5 heteroatoms. The maximum absolute atomic E-state index is 12.3. The van der Waals surface area contributed by atoms with Gasteiger partial charge in [0.1, 0.15) is 6.04 Å². The summed E-state index contributed by atoms with van der Waals surface area (Å²) in [6.07, 6.45) is 2.59. The van der Waals surface area contributed by atoms with E-state index in [4.69, 9.17) is 4.74 Å². The van der Waals surface area contributed by atoms with E-state index in [1.165, 1.54) is 0 Å². The van der Waals surface area contributed by atoms with E-state index in [0.717, 1.165) is 18.5 Å². The summed E-state index contributed by atoms with van der Waals surface area (Å²) < 4.78 is 5.07. The second-order valence-corrected chi connectivity index (χ2v) is 5.07. The van der Waals surface area contributed by atoms with E-state index in [1.54, 1.807) is 11.8 Å². The number of amides is 1. The molecule has 1 heterocycles. The van der Waals surface area contributed by atoms with E-state index in [9.17, 15) is 9.59 Å². The topological polar surface area (TPSA) is 58.6 Å². The first-order valence-electron chi connectivity index (χ1n) is 7.47. The van der Waals surface area contributed by atoms with Crippen molar-refractivity contribution in [3.8, 4) is 0 Å². The monoisotopic (exact) mass is 290 g/mol. The van der Waals surface area contributed by atoms with Crippen LogP contribution in [0.15, 0.2) is 30.3 Å². The first-order chi connectivity index (χ1) is 10.2. The van der Waals surface area contributed by atoms with Gasteiger partial charge in [-0.1, -0.05) is 18.2 Å². The Kier molecular flexibility index (Phi) is 5.60. The summed E-state index contributed by atoms with van der Waals surface area (Å²) in [5.41, 5.74) is 0.899. The lowest BCUT2D eigenvalue weighted by atomic mass is 10.0. The van der Waals surface area contributed by atoms with E-state index in [-0.39, 0.29) is 18.4 Å². The summed E-state index contributed by atoms with van der Waals surface area (Å²) in [7, 11) is 0. The number of para-hydroxylation sites is 1. The van der Waals surface area contributed by atoms with Crippen molar-refractivity contribution in [3.05, 3.63) is 30.3 Å². The van der Waals surface area contributed by atoms with E-state index in [1.807, 2.05) is 30.3 Å². The average molecular weight is 290 g/mol. The molecule has 0 bridgehead atoms. The van der Waals surface area contributed by atoms with E-state index < -0.39 is 6.04 Å². The van der Waals surface area contributed by atoms with Crippen molar-refractivity contribution < 1.29 is 14.3 Å². The summed E-state index contributed by atoms with van der Waals surface area (Å²) in [5.74, 6) is -0.345. The molecule has 2 rings (SSSR count). The van der Waals surface area contributed by atoms with Gasteiger partial charge >= 0.3 is 5.97 Å². The minimum atomic E-state index is -0.427. The molecule has 0 spiro atoms. The smallest absolute Gasteiger partial charge is 0.328 e. The molecule has 0 radical (unpaired) electrons. The van der Waals surface area contributed by atoms with Crippen LogP contribution in [0.3, 0.4) is 0 Å². The third-order valence-electron chi connectivity index (χ3n) is 3.60. The summed E-state index contributed by atoms with van der Waals surface area (Å²) in [5, 5.41) is 3.09. The number of piperidine rings is 1. The van der Waals surface area contributed by atoms with Crippen molar-refractivity contribution >= 4 is 17.6 Å². The van der Waals surface area contributed by atoms with Gasteiger partial charge in [-0.3, -0.25) is 4.79 Å². The maximum Gasteiger partial charge on any atom is 0.328 e. The van der Waals surface area contributed by atoms with Gasteiger partial charge in [-0.05, 0) is 38.3 Å². The second kappa shape index (κ2) is 7.67. The number of ether oxygens (including phenoxy) is 1. The molecule has 1 aliphatic rings. The minimum absolute atomic E-state index is 0.0587. The zero-order valence-corrected chi connectivity index (χ0v) is 12.4. The first kappa shape index (κ1) is 15.4. The number of hydrogen-bond donors (Lipinski definition) is 1. The highest BCUT2D eigenvalue weighted by Gasteiger charge is 2.32. The van der Waals surface area contributed by atoms with Crippen LogP contribution in [0.4, 0.5) is 5.69 Å². The molecule has 1 unspecified atom stereocenters. The molecule has 1 aliphatic heterocycles. The second-order valence-electron chi connectivity index (χ2n) is 5.07. The van der Waals surface area contributed by atoms with E-state index in [2.05, 4.69) is 5.32 Å². The Bertz CT molecular complexity index is 476. The van der Waals surface area contributed by atoms with Crippen molar-refractivity contribution in [1.29, 1.82) is 0 Å². The van der Waals surface area contributed by atoms with Crippen molar-refractivity contribution in [3.63, 3.8) is 0 Å². The largest absolute Gasteiger partial charge is 0.464 e. The minimum Gasteiger partial charge on any atom is -0.464 e. The molecular formula is C16H22N2O3. The fraction of sp³-hybridized carbons (Fsp3) is 0.500. The van der Waals surface area contributed by atoms with Gasteiger partial charge in [0, 0.05) is 12.2 Å². The average Bonchev–Trinajstić information content (AvgIpc) is 2.54. The number of nitrogens with zero attached hydrogens (tertiary/aromatic N) is 1. The molecule has 0 saturated carbocycles. The van der Waals surface area contributed by atoms with Gasteiger partial charge in [-0.15, -0.1) is 0 Å². The molecule has 5 nitrogen and oxygen atoms in total. The molecule has 0 aromatic heterocycles. The Morgan fingerprint density at radius 2 is 2.05 bits per heavy atom. The van der Waals surface area contributed by atoms with Gasteiger partial charge in [0.25, 0.3) is 0 Å². The lowest BCUT2D eigenvalue weighted by Gasteiger charge is -2.34. The lowest BCUT2D eigenvalue weighted by Crippen LogP contribution is -2.50. The zero-order valence-electron chi connectivity index (χ0n) is 12.4. The summed E-state index contributed by atoms with van der Waals surface area (Å²) in [4.78, 5) is 25.9. The highest BCUT2D eigenvalue weighted by atomic mass is 16.5. The lowest BCUT2D eigenvalue weighted by molar-refractivity contribution is -0.156. The van der Waals surface area contributed by atoms with Crippen LogP contribution >= 0.6 is 0 Å². The SMILES string of the molecule is CCOC(=O)C1CCCCN1C(=O)CNc1ccccc1. The third kappa shape index (κ3) is 4.21. The molecule has 21 heavy (non-hydrogen) atoms. The van der Waals surface area contributed by atoms with Crippen LogP contribution in [0, 0.1) is 0 Å². The normalized spacial score (nSPS) is 18.1. The highest BCUT2D eigenvalue weighted by molar-refractivity contribution is 5.87. The Balaban J connectivity index is 1.93. The number of esters is 1. The van der Waals surface area contributed by atoms with Crippen LogP contribution in [0.2, 0.25) is 0 Å². The summed E-state index contributed by atoms with van der Waals surface area (Å²) in [6.45, 7) is 2.95. The number of likely N-dealkylation sites (tertiary alicyclic amines) is 1. The molecular weight excluding hydrogens is 268 g/mol. The molecule has 1 aromatic carbocycles. The number of anilines is 1. The van der Waals surface area contributed by atoms with Crippen LogP contribution in [-0.4, -0.2) is 42.5 Å². The van der Waals surface area contributed by atoms with Crippen LogP contribution in [0.1, 0.15) is 26.2 Å². The van der Waals surface area contributed by atoms with Gasteiger partial charge in [-0.25, -0.2) is 4.79 Å². The fourth-order valence-corrected chi connectivity index (χ4v) is 2.55. The Morgan fingerprint density at radius 3 is 2.76 bits per heavy atom. The van der Waals surface area contributed by atoms with Crippen LogP contribution in [0.25, 0.3) is 0 Å². The maximum atomic E-state index is 12.3. The Hall–Kier alpha value is -2.04. The quantitative estimate of drug-likeness (QED) is 0.843. The number of rotatable bonds is 5. The van der Waals surface area contributed by atoms with Crippen LogP contribution in [0.5, 0.6) is 0 Å². The Morgan fingerprint density at radius 1 is 1.29 bits per heavy atom. The summed E-state index contributed by atoms with van der Waals surface area (Å²) in [6, 6.07) is 9.14. The van der Waals surface area contributed by atoms with E-state index >= 15 is 0 Å². The van der Waals surface area contributed by atoms with Gasteiger partial charge in [0.15, 0.2) is 0 Å². The number of carbonyl (C=O) groups excluding carboxylic acids is 2.